The number of rotatable bonds is 2. The Hall–Kier alpha value is -1.56. The van der Waals surface area contributed by atoms with Crippen molar-refractivity contribution in [2.75, 3.05) is 19.3 Å². The highest BCUT2D eigenvalue weighted by Crippen LogP contribution is 2.23. The van der Waals surface area contributed by atoms with E-state index in [1.165, 1.54) is 0 Å². The SMILES string of the molecule is CNC(=O)C1CCCCN1C(=O)c1cc(N)cc(Br)c1. The Labute approximate surface area is 126 Å². The number of nitrogens with zero attached hydrogens (tertiary/aromatic N) is 1. The van der Waals surface area contributed by atoms with Gasteiger partial charge >= 0.3 is 0 Å². The lowest BCUT2D eigenvalue weighted by molar-refractivity contribution is -0.126. The molecular formula is C14H18BrN3O2. The number of halogens is 1. The highest BCUT2D eigenvalue weighted by molar-refractivity contribution is 9.10. The molecule has 1 unspecified atom stereocenters. The van der Waals surface area contributed by atoms with Gasteiger partial charge in [-0.2, -0.15) is 0 Å². The molecule has 0 aromatic heterocycles. The molecule has 1 aliphatic rings. The number of nitrogens with one attached hydrogen (secondary N) is 1. The average molecular weight is 340 g/mol. The maximum atomic E-state index is 12.6. The maximum Gasteiger partial charge on any atom is 0.254 e. The lowest BCUT2D eigenvalue weighted by Crippen LogP contribution is -2.51. The van der Waals surface area contributed by atoms with Crippen LogP contribution in [0.3, 0.4) is 0 Å². The Morgan fingerprint density at radius 1 is 1.35 bits per heavy atom. The van der Waals surface area contributed by atoms with Crippen LogP contribution < -0.4 is 11.1 Å². The highest BCUT2D eigenvalue weighted by atomic mass is 79.9. The van der Waals surface area contributed by atoms with Crippen LogP contribution in [0.2, 0.25) is 0 Å². The van der Waals surface area contributed by atoms with Crippen molar-refractivity contribution in [2.24, 2.45) is 0 Å². The molecule has 1 saturated heterocycles. The van der Waals surface area contributed by atoms with Crippen molar-refractivity contribution in [3.05, 3.63) is 28.2 Å². The zero-order valence-electron chi connectivity index (χ0n) is 11.4. The van der Waals surface area contributed by atoms with Crippen LogP contribution >= 0.6 is 15.9 Å². The number of carbonyl (C=O) groups excluding carboxylic acids is 2. The molecule has 1 aromatic carbocycles. The number of likely N-dealkylation sites (N-methyl/N-ethyl adjacent to an activating group) is 1. The van der Waals surface area contributed by atoms with Gasteiger partial charge in [0.15, 0.2) is 0 Å². The standard InChI is InChI=1S/C14H18BrN3O2/c1-17-13(19)12-4-2-3-5-18(12)14(20)9-6-10(15)8-11(16)7-9/h6-8,12H,2-5,16H2,1H3,(H,17,19). The van der Waals surface area contributed by atoms with Crippen molar-refractivity contribution in [3.63, 3.8) is 0 Å². The fourth-order valence-corrected chi connectivity index (χ4v) is 3.03. The van der Waals surface area contributed by atoms with Gasteiger partial charge < -0.3 is 16.0 Å². The van der Waals surface area contributed by atoms with E-state index in [9.17, 15) is 9.59 Å². The molecule has 2 rings (SSSR count). The topological polar surface area (TPSA) is 75.4 Å². The molecule has 0 bridgehead atoms. The van der Waals surface area contributed by atoms with E-state index in [0.29, 0.717) is 24.2 Å². The summed E-state index contributed by atoms with van der Waals surface area (Å²) < 4.78 is 0.759. The van der Waals surface area contributed by atoms with Gasteiger partial charge in [-0.1, -0.05) is 15.9 Å². The molecule has 6 heteroatoms. The molecule has 20 heavy (non-hydrogen) atoms. The third-order valence-corrected chi connectivity index (χ3v) is 3.94. The Morgan fingerprint density at radius 3 is 2.75 bits per heavy atom. The summed E-state index contributed by atoms with van der Waals surface area (Å²) in [5.74, 6) is -0.257. The van der Waals surface area contributed by atoms with Crippen molar-refractivity contribution in [1.29, 1.82) is 0 Å². The molecule has 5 nitrogen and oxygen atoms in total. The second-order valence-electron chi connectivity index (χ2n) is 4.90. The summed E-state index contributed by atoms with van der Waals surface area (Å²) in [5.41, 5.74) is 6.80. The summed E-state index contributed by atoms with van der Waals surface area (Å²) in [5, 5.41) is 2.63. The summed E-state index contributed by atoms with van der Waals surface area (Å²) >= 11 is 3.33. The zero-order chi connectivity index (χ0) is 14.7. The number of likely N-dealkylation sites (tertiary alicyclic amines) is 1. The first kappa shape index (κ1) is 14.8. The van der Waals surface area contributed by atoms with Crippen LogP contribution in [0.15, 0.2) is 22.7 Å². The van der Waals surface area contributed by atoms with Gasteiger partial charge in [0.05, 0.1) is 0 Å². The number of amides is 2. The second kappa shape index (κ2) is 6.26. The van der Waals surface area contributed by atoms with Crippen LogP contribution in [0.1, 0.15) is 29.6 Å². The van der Waals surface area contributed by atoms with E-state index in [4.69, 9.17) is 5.73 Å². The maximum absolute atomic E-state index is 12.6. The number of carbonyl (C=O) groups is 2. The number of hydrogen-bond donors (Lipinski definition) is 2. The Bertz CT molecular complexity index is 513. The Kier molecular flexibility index (Phi) is 4.65. The molecule has 0 spiro atoms. The van der Waals surface area contributed by atoms with Gasteiger partial charge in [0, 0.05) is 29.3 Å². The molecule has 1 aromatic rings. The molecule has 1 heterocycles. The van der Waals surface area contributed by atoms with Gasteiger partial charge in [0.2, 0.25) is 5.91 Å². The molecule has 1 fully saturated rings. The molecule has 3 N–H and O–H groups in total. The quantitative estimate of drug-likeness (QED) is 0.806. The zero-order valence-corrected chi connectivity index (χ0v) is 12.9. The monoisotopic (exact) mass is 339 g/mol. The lowest BCUT2D eigenvalue weighted by atomic mass is 10.00. The largest absolute Gasteiger partial charge is 0.399 e. The average Bonchev–Trinajstić information content (AvgIpc) is 2.44. The molecule has 1 aliphatic heterocycles. The fourth-order valence-electron chi connectivity index (χ4n) is 2.52. The van der Waals surface area contributed by atoms with Crippen molar-refractivity contribution in [3.8, 4) is 0 Å². The number of anilines is 1. The van der Waals surface area contributed by atoms with Gasteiger partial charge in [-0.3, -0.25) is 9.59 Å². The van der Waals surface area contributed by atoms with Gasteiger partial charge in [-0.05, 0) is 37.5 Å². The molecule has 2 amide bonds. The number of piperidine rings is 1. The number of nitrogens with two attached hydrogens (primary N) is 1. The van der Waals surface area contributed by atoms with Crippen molar-refractivity contribution in [2.45, 2.75) is 25.3 Å². The van der Waals surface area contributed by atoms with E-state index in [1.807, 2.05) is 0 Å². The second-order valence-corrected chi connectivity index (χ2v) is 5.81. The van der Waals surface area contributed by atoms with Crippen LogP contribution in [0, 0.1) is 0 Å². The summed E-state index contributed by atoms with van der Waals surface area (Å²) in [6, 6.07) is 4.72. The van der Waals surface area contributed by atoms with Crippen molar-refractivity contribution >= 4 is 33.4 Å². The van der Waals surface area contributed by atoms with E-state index < -0.39 is 0 Å². The molecule has 1 atom stereocenters. The summed E-state index contributed by atoms with van der Waals surface area (Å²) in [6.45, 7) is 0.601. The summed E-state index contributed by atoms with van der Waals surface area (Å²) in [6.07, 6.45) is 2.58. The smallest absolute Gasteiger partial charge is 0.254 e. The third-order valence-electron chi connectivity index (χ3n) is 3.48. The van der Waals surface area contributed by atoms with Crippen molar-refractivity contribution < 1.29 is 9.59 Å². The summed E-state index contributed by atoms with van der Waals surface area (Å²) in [7, 11) is 1.59. The van der Waals surface area contributed by atoms with Crippen LogP contribution in [-0.2, 0) is 4.79 Å². The highest BCUT2D eigenvalue weighted by Gasteiger charge is 2.32. The molecule has 0 saturated carbocycles. The number of hydrogen-bond acceptors (Lipinski definition) is 3. The number of nitrogen functional groups attached to an aromatic ring is 1. The molecule has 0 radical (unpaired) electrons. The number of benzene rings is 1. The first-order valence-corrected chi connectivity index (χ1v) is 7.41. The predicted molar refractivity (Wildman–Crippen MR) is 81.3 cm³/mol. The van der Waals surface area contributed by atoms with Gasteiger partial charge in [0.1, 0.15) is 6.04 Å². The van der Waals surface area contributed by atoms with E-state index in [-0.39, 0.29) is 17.9 Å². The normalized spacial score (nSPS) is 18.7. The van der Waals surface area contributed by atoms with E-state index in [2.05, 4.69) is 21.2 Å². The first-order valence-electron chi connectivity index (χ1n) is 6.61. The predicted octanol–water partition coefficient (Wildman–Crippen LogP) is 1.77. The van der Waals surface area contributed by atoms with Crippen LogP contribution in [0.5, 0.6) is 0 Å². The van der Waals surface area contributed by atoms with E-state index in [0.717, 1.165) is 17.3 Å². The summed E-state index contributed by atoms with van der Waals surface area (Å²) in [4.78, 5) is 26.2. The van der Waals surface area contributed by atoms with Crippen LogP contribution in [0.25, 0.3) is 0 Å². The van der Waals surface area contributed by atoms with Gasteiger partial charge in [-0.25, -0.2) is 0 Å². The minimum atomic E-state index is -0.388. The van der Waals surface area contributed by atoms with Crippen LogP contribution in [-0.4, -0.2) is 36.3 Å². The minimum absolute atomic E-state index is 0.110. The molecule has 0 aliphatic carbocycles. The minimum Gasteiger partial charge on any atom is -0.399 e. The Morgan fingerprint density at radius 2 is 2.10 bits per heavy atom. The molecular weight excluding hydrogens is 322 g/mol. The van der Waals surface area contributed by atoms with Crippen molar-refractivity contribution in [1.82, 2.24) is 10.2 Å². The van der Waals surface area contributed by atoms with Gasteiger partial charge in [0.25, 0.3) is 5.91 Å². The van der Waals surface area contributed by atoms with E-state index in [1.54, 1.807) is 30.1 Å². The van der Waals surface area contributed by atoms with Crippen LogP contribution in [0.4, 0.5) is 5.69 Å². The molecule has 108 valence electrons. The van der Waals surface area contributed by atoms with E-state index >= 15 is 0 Å². The Balaban J connectivity index is 2.27. The third kappa shape index (κ3) is 3.12. The first-order chi connectivity index (χ1) is 9.52. The van der Waals surface area contributed by atoms with Gasteiger partial charge in [-0.15, -0.1) is 0 Å². The fraction of sp³-hybridized carbons (Fsp3) is 0.429. The lowest BCUT2D eigenvalue weighted by Gasteiger charge is -2.34.